The summed E-state index contributed by atoms with van der Waals surface area (Å²) < 4.78 is 26.8. The van der Waals surface area contributed by atoms with Crippen molar-refractivity contribution in [3.05, 3.63) is 23.8 Å². The zero-order valence-electron chi connectivity index (χ0n) is 12.2. The van der Waals surface area contributed by atoms with Crippen LogP contribution in [0, 0.1) is 0 Å². The van der Waals surface area contributed by atoms with Gasteiger partial charge in [0.05, 0.1) is 11.0 Å². The Labute approximate surface area is 124 Å². The molecular formula is C14H20N2O4S. The predicted molar refractivity (Wildman–Crippen MR) is 79.7 cm³/mol. The van der Waals surface area contributed by atoms with E-state index in [-0.39, 0.29) is 17.3 Å². The van der Waals surface area contributed by atoms with Gasteiger partial charge in [-0.25, -0.2) is 13.1 Å². The second-order valence-corrected chi connectivity index (χ2v) is 6.89. The highest BCUT2D eigenvalue weighted by Gasteiger charge is 2.25. The summed E-state index contributed by atoms with van der Waals surface area (Å²) in [4.78, 5) is 13.2. The van der Waals surface area contributed by atoms with Crippen molar-refractivity contribution < 1.29 is 18.3 Å². The molecule has 6 nitrogen and oxygen atoms in total. The lowest BCUT2D eigenvalue weighted by molar-refractivity contribution is -0.116. The third-order valence-electron chi connectivity index (χ3n) is 3.62. The number of amides is 1. The molecule has 0 radical (unpaired) electrons. The van der Waals surface area contributed by atoms with E-state index in [0.717, 1.165) is 12.0 Å². The van der Waals surface area contributed by atoms with Gasteiger partial charge in [-0.15, -0.1) is 0 Å². The van der Waals surface area contributed by atoms with Crippen LogP contribution in [0.25, 0.3) is 0 Å². The monoisotopic (exact) mass is 312 g/mol. The van der Waals surface area contributed by atoms with Gasteiger partial charge in [0, 0.05) is 25.7 Å². The number of carbonyl (C=O) groups excluding carboxylic acids is 1. The van der Waals surface area contributed by atoms with Crippen molar-refractivity contribution in [3.8, 4) is 0 Å². The van der Waals surface area contributed by atoms with Crippen LogP contribution in [0.3, 0.4) is 0 Å². The van der Waals surface area contributed by atoms with Crippen molar-refractivity contribution in [3.63, 3.8) is 0 Å². The number of aliphatic hydroxyl groups is 1. The molecule has 1 amide bonds. The number of hydrogen-bond acceptors (Lipinski definition) is 4. The molecule has 1 aliphatic rings. The minimum atomic E-state index is -3.68. The summed E-state index contributed by atoms with van der Waals surface area (Å²) in [6.45, 7) is 3.80. The Morgan fingerprint density at radius 3 is 2.81 bits per heavy atom. The van der Waals surface area contributed by atoms with E-state index in [1.807, 2.05) is 0 Å². The molecule has 0 bridgehead atoms. The van der Waals surface area contributed by atoms with Gasteiger partial charge in [0.1, 0.15) is 0 Å². The molecule has 1 heterocycles. The maximum absolute atomic E-state index is 12.2. The van der Waals surface area contributed by atoms with E-state index in [4.69, 9.17) is 0 Å². The number of benzene rings is 1. The van der Waals surface area contributed by atoms with Crippen LogP contribution < -0.4 is 9.62 Å². The van der Waals surface area contributed by atoms with E-state index < -0.39 is 16.1 Å². The summed E-state index contributed by atoms with van der Waals surface area (Å²) in [6.07, 6.45) is 0.505. The molecule has 7 heteroatoms. The van der Waals surface area contributed by atoms with E-state index in [1.165, 1.54) is 19.1 Å². The third-order valence-corrected chi connectivity index (χ3v) is 5.04. The molecule has 1 aromatic carbocycles. The first-order chi connectivity index (χ1) is 9.85. The Morgan fingerprint density at radius 2 is 2.19 bits per heavy atom. The van der Waals surface area contributed by atoms with Crippen LogP contribution in [0.4, 0.5) is 5.69 Å². The number of rotatable bonds is 5. The van der Waals surface area contributed by atoms with Crippen LogP contribution in [0.15, 0.2) is 23.1 Å². The van der Waals surface area contributed by atoms with Gasteiger partial charge < -0.3 is 10.0 Å². The maximum Gasteiger partial charge on any atom is 0.240 e. The fourth-order valence-corrected chi connectivity index (χ4v) is 3.38. The topological polar surface area (TPSA) is 86.7 Å². The zero-order valence-corrected chi connectivity index (χ0v) is 13.0. The Bertz CT molecular complexity index is 642. The molecule has 0 saturated carbocycles. The lowest BCUT2D eigenvalue weighted by Crippen LogP contribution is -2.32. The van der Waals surface area contributed by atoms with Gasteiger partial charge in [-0.2, -0.15) is 0 Å². The third kappa shape index (κ3) is 3.42. The molecule has 0 spiro atoms. The second kappa shape index (κ2) is 6.13. The summed E-state index contributed by atoms with van der Waals surface area (Å²) in [6, 6.07) is 4.79. The van der Waals surface area contributed by atoms with Gasteiger partial charge in [0.2, 0.25) is 15.9 Å². The summed E-state index contributed by atoms with van der Waals surface area (Å²) in [5.41, 5.74) is 1.62. The average molecular weight is 312 g/mol. The van der Waals surface area contributed by atoms with Crippen molar-refractivity contribution in [2.24, 2.45) is 0 Å². The highest BCUT2D eigenvalue weighted by Crippen LogP contribution is 2.30. The first-order valence-corrected chi connectivity index (χ1v) is 8.42. The molecule has 0 saturated heterocycles. The van der Waals surface area contributed by atoms with E-state index in [2.05, 4.69) is 4.72 Å². The number of fused-ring (bicyclic) bond motifs is 1. The molecule has 2 rings (SSSR count). The molecule has 0 aliphatic carbocycles. The minimum absolute atomic E-state index is 0.0215. The highest BCUT2D eigenvalue weighted by molar-refractivity contribution is 7.89. The van der Waals surface area contributed by atoms with Gasteiger partial charge >= 0.3 is 0 Å². The zero-order chi connectivity index (χ0) is 15.6. The van der Waals surface area contributed by atoms with Crippen molar-refractivity contribution in [2.75, 3.05) is 18.0 Å². The molecule has 116 valence electrons. The largest absolute Gasteiger partial charge is 0.392 e. The average Bonchev–Trinajstić information content (AvgIpc) is 2.87. The smallest absolute Gasteiger partial charge is 0.240 e. The number of sulfonamides is 1. The molecule has 1 aromatic rings. The van der Waals surface area contributed by atoms with Crippen LogP contribution in [0.5, 0.6) is 0 Å². The molecule has 21 heavy (non-hydrogen) atoms. The van der Waals surface area contributed by atoms with Crippen LogP contribution in [-0.4, -0.2) is 38.6 Å². The number of aliphatic hydroxyl groups excluding tert-OH is 1. The Hall–Kier alpha value is -1.44. The van der Waals surface area contributed by atoms with Gasteiger partial charge in [0.25, 0.3) is 0 Å². The summed E-state index contributed by atoms with van der Waals surface area (Å²) >= 11 is 0. The Kier molecular flexibility index (Phi) is 4.65. The molecular weight excluding hydrogens is 292 g/mol. The minimum Gasteiger partial charge on any atom is -0.392 e. The first kappa shape index (κ1) is 15.9. The van der Waals surface area contributed by atoms with E-state index in [0.29, 0.717) is 18.7 Å². The molecule has 1 aliphatic heterocycles. The van der Waals surface area contributed by atoms with Gasteiger partial charge in [0.15, 0.2) is 0 Å². The summed E-state index contributed by atoms with van der Waals surface area (Å²) in [7, 11) is -3.68. The summed E-state index contributed by atoms with van der Waals surface area (Å²) in [5.74, 6) is -0.0994. The van der Waals surface area contributed by atoms with Crippen LogP contribution in [0.1, 0.15) is 25.8 Å². The number of carbonyl (C=O) groups is 1. The van der Waals surface area contributed by atoms with Gasteiger partial charge in [-0.3, -0.25) is 4.79 Å². The number of nitrogens with one attached hydrogen (secondary N) is 1. The van der Waals surface area contributed by atoms with Gasteiger partial charge in [-0.1, -0.05) is 13.0 Å². The SMILES string of the molecule is CCC(O)CNS(=O)(=O)c1ccc2c(c1)N(C(C)=O)CC2. The normalized spacial score (nSPS) is 15.9. The summed E-state index contributed by atoms with van der Waals surface area (Å²) in [5, 5.41) is 9.46. The van der Waals surface area contributed by atoms with E-state index in [9.17, 15) is 18.3 Å². The van der Waals surface area contributed by atoms with Gasteiger partial charge in [-0.05, 0) is 30.5 Å². The van der Waals surface area contributed by atoms with Crippen molar-refractivity contribution in [1.29, 1.82) is 0 Å². The molecule has 2 N–H and O–H groups in total. The van der Waals surface area contributed by atoms with E-state index >= 15 is 0 Å². The number of hydrogen-bond donors (Lipinski definition) is 2. The first-order valence-electron chi connectivity index (χ1n) is 6.94. The van der Waals surface area contributed by atoms with Crippen LogP contribution >= 0.6 is 0 Å². The molecule has 1 unspecified atom stereocenters. The predicted octanol–water partition coefficient (Wildman–Crippen LogP) is 0.645. The highest BCUT2D eigenvalue weighted by atomic mass is 32.2. The number of nitrogens with zero attached hydrogens (tertiary/aromatic N) is 1. The fourth-order valence-electron chi connectivity index (χ4n) is 2.29. The van der Waals surface area contributed by atoms with Crippen molar-refractivity contribution in [2.45, 2.75) is 37.7 Å². The quantitative estimate of drug-likeness (QED) is 0.835. The standard InChI is InChI=1S/C14H20N2O4S/c1-3-12(18)9-15-21(19,20)13-5-4-11-6-7-16(10(2)17)14(11)8-13/h4-5,8,12,15,18H,3,6-7,9H2,1-2H3. The second-order valence-electron chi connectivity index (χ2n) is 5.13. The lowest BCUT2D eigenvalue weighted by atomic mass is 10.2. The van der Waals surface area contributed by atoms with E-state index in [1.54, 1.807) is 17.9 Å². The Morgan fingerprint density at radius 1 is 1.48 bits per heavy atom. The van der Waals surface area contributed by atoms with Crippen molar-refractivity contribution >= 4 is 21.6 Å². The van der Waals surface area contributed by atoms with Crippen molar-refractivity contribution in [1.82, 2.24) is 4.72 Å². The van der Waals surface area contributed by atoms with Crippen LogP contribution in [0.2, 0.25) is 0 Å². The lowest BCUT2D eigenvalue weighted by Gasteiger charge is -2.16. The molecule has 0 aromatic heterocycles. The Balaban J connectivity index is 2.25. The maximum atomic E-state index is 12.2. The molecule has 1 atom stereocenters. The van der Waals surface area contributed by atoms with Crippen LogP contribution in [-0.2, 0) is 21.2 Å². The molecule has 0 fully saturated rings. The fraction of sp³-hybridized carbons (Fsp3) is 0.500. The number of anilines is 1.